The minimum Gasteiger partial charge on any atom is -0.478 e. The van der Waals surface area contributed by atoms with Crippen molar-refractivity contribution in [1.29, 1.82) is 0 Å². The number of nitrogens with zero attached hydrogens (tertiary/aromatic N) is 1. The Morgan fingerprint density at radius 2 is 2.00 bits per heavy atom. The van der Waals surface area contributed by atoms with E-state index in [1.807, 2.05) is 12.1 Å². The molecule has 1 amide bonds. The number of aromatic carboxylic acids is 1. The number of carboxylic acid groups (broad SMARTS) is 1. The molecule has 4 rings (SSSR count). The summed E-state index contributed by atoms with van der Waals surface area (Å²) < 4.78 is 1.78. The molecule has 1 aliphatic rings. The van der Waals surface area contributed by atoms with Crippen LogP contribution >= 0.6 is 23.2 Å². The summed E-state index contributed by atoms with van der Waals surface area (Å²) in [5.41, 5.74) is 1.51. The van der Waals surface area contributed by atoms with Crippen LogP contribution in [0.2, 0.25) is 10.0 Å². The van der Waals surface area contributed by atoms with Crippen molar-refractivity contribution in [3.8, 4) is 0 Å². The summed E-state index contributed by atoms with van der Waals surface area (Å²) in [7, 11) is 1.80. The van der Waals surface area contributed by atoms with Crippen molar-refractivity contribution < 1.29 is 14.7 Å². The SMILES string of the molecule is Cn1c(C(=O)NC2(c3cccc(C(=O)O)c3)CCCNC2)cc2c(Cl)c(Cl)ccc21. The summed E-state index contributed by atoms with van der Waals surface area (Å²) >= 11 is 12.5. The topological polar surface area (TPSA) is 83.4 Å². The minimum absolute atomic E-state index is 0.192. The number of halogens is 2. The van der Waals surface area contributed by atoms with E-state index < -0.39 is 11.5 Å². The maximum Gasteiger partial charge on any atom is 0.335 e. The van der Waals surface area contributed by atoms with E-state index in [2.05, 4.69) is 10.6 Å². The maximum absolute atomic E-state index is 13.3. The van der Waals surface area contributed by atoms with Crippen molar-refractivity contribution in [1.82, 2.24) is 15.2 Å². The van der Waals surface area contributed by atoms with Gasteiger partial charge in [0.2, 0.25) is 0 Å². The van der Waals surface area contributed by atoms with Crippen molar-refractivity contribution in [3.63, 3.8) is 0 Å². The highest BCUT2D eigenvalue weighted by Crippen LogP contribution is 2.34. The largest absolute Gasteiger partial charge is 0.478 e. The first-order valence-electron chi connectivity index (χ1n) is 9.63. The Hall–Kier alpha value is -2.54. The minimum atomic E-state index is -0.998. The number of hydrogen-bond donors (Lipinski definition) is 3. The van der Waals surface area contributed by atoms with Crippen LogP contribution in [0.1, 0.15) is 39.3 Å². The molecule has 30 heavy (non-hydrogen) atoms. The molecule has 2 heterocycles. The Bertz CT molecular complexity index is 1150. The Balaban J connectivity index is 1.74. The standard InChI is InChI=1S/C22H21Cl2N3O3/c1-27-17-7-6-16(23)19(24)15(17)11-18(27)20(28)26-22(8-3-9-25-12-22)14-5-2-4-13(10-14)21(29)30/h2,4-7,10-11,25H,3,8-9,12H2,1H3,(H,26,28)(H,29,30). The molecule has 0 bridgehead atoms. The molecule has 1 atom stereocenters. The molecule has 0 aliphatic carbocycles. The van der Waals surface area contributed by atoms with Crippen LogP contribution in [0.4, 0.5) is 0 Å². The Morgan fingerprint density at radius 1 is 1.20 bits per heavy atom. The zero-order valence-corrected chi connectivity index (χ0v) is 17.8. The van der Waals surface area contributed by atoms with Gasteiger partial charge >= 0.3 is 5.97 Å². The lowest BCUT2D eigenvalue weighted by atomic mass is 9.82. The van der Waals surface area contributed by atoms with Gasteiger partial charge in [0, 0.05) is 24.5 Å². The monoisotopic (exact) mass is 445 g/mol. The first-order valence-corrected chi connectivity index (χ1v) is 10.4. The molecule has 0 spiro atoms. The van der Waals surface area contributed by atoms with Crippen LogP contribution in [-0.2, 0) is 12.6 Å². The van der Waals surface area contributed by atoms with Gasteiger partial charge in [-0.15, -0.1) is 0 Å². The van der Waals surface area contributed by atoms with Gasteiger partial charge in [-0.25, -0.2) is 4.79 Å². The van der Waals surface area contributed by atoms with Crippen molar-refractivity contribution in [2.24, 2.45) is 7.05 Å². The smallest absolute Gasteiger partial charge is 0.335 e. The normalized spacial score (nSPS) is 19.0. The number of benzene rings is 2. The second-order valence-corrected chi connectivity index (χ2v) is 8.37. The van der Waals surface area contributed by atoms with Gasteiger partial charge in [-0.2, -0.15) is 0 Å². The third-order valence-electron chi connectivity index (χ3n) is 5.74. The summed E-state index contributed by atoms with van der Waals surface area (Å²) in [6, 6.07) is 12.0. The average molecular weight is 446 g/mol. The quantitative estimate of drug-likeness (QED) is 0.561. The van der Waals surface area contributed by atoms with Gasteiger partial charge in [0.1, 0.15) is 5.69 Å². The molecule has 3 aromatic rings. The number of fused-ring (bicyclic) bond motifs is 1. The lowest BCUT2D eigenvalue weighted by Gasteiger charge is -2.39. The van der Waals surface area contributed by atoms with Crippen LogP contribution in [0.25, 0.3) is 10.9 Å². The number of carbonyl (C=O) groups excluding carboxylic acids is 1. The van der Waals surface area contributed by atoms with Gasteiger partial charge in [-0.1, -0.05) is 35.3 Å². The number of carbonyl (C=O) groups is 2. The van der Waals surface area contributed by atoms with Crippen LogP contribution in [0.15, 0.2) is 42.5 Å². The molecule has 1 fully saturated rings. The zero-order chi connectivity index (χ0) is 21.5. The molecule has 2 aromatic carbocycles. The fraction of sp³-hybridized carbons (Fsp3) is 0.273. The van der Waals surface area contributed by atoms with E-state index in [4.69, 9.17) is 23.2 Å². The number of hydrogen-bond acceptors (Lipinski definition) is 3. The number of rotatable bonds is 4. The predicted octanol–water partition coefficient (Wildman–Crippen LogP) is 4.19. The average Bonchev–Trinajstić information content (AvgIpc) is 3.09. The lowest BCUT2D eigenvalue weighted by Crippen LogP contribution is -2.55. The maximum atomic E-state index is 13.3. The van der Waals surface area contributed by atoms with Gasteiger partial charge in [-0.3, -0.25) is 4.79 Å². The molecule has 1 aromatic heterocycles. The van der Waals surface area contributed by atoms with Crippen LogP contribution in [0.5, 0.6) is 0 Å². The van der Waals surface area contributed by atoms with Gasteiger partial charge in [-0.05, 0) is 55.3 Å². The Kier molecular flexibility index (Phi) is 5.49. The molecular formula is C22H21Cl2N3O3. The number of piperidine rings is 1. The van der Waals surface area contributed by atoms with Crippen LogP contribution in [-0.4, -0.2) is 34.6 Å². The number of aryl methyl sites for hydroxylation is 1. The van der Waals surface area contributed by atoms with E-state index in [0.29, 0.717) is 34.1 Å². The highest BCUT2D eigenvalue weighted by Gasteiger charge is 2.36. The predicted molar refractivity (Wildman–Crippen MR) is 118 cm³/mol. The first kappa shape index (κ1) is 20.7. The first-order chi connectivity index (χ1) is 14.3. The van der Waals surface area contributed by atoms with Crippen molar-refractivity contribution in [3.05, 3.63) is 69.3 Å². The van der Waals surface area contributed by atoms with Gasteiger partial charge in [0.25, 0.3) is 5.91 Å². The number of carboxylic acids is 1. The van der Waals surface area contributed by atoms with Gasteiger partial charge < -0.3 is 20.3 Å². The van der Waals surface area contributed by atoms with E-state index in [9.17, 15) is 14.7 Å². The molecule has 6 nitrogen and oxygen atoms in total. The Labute approximate surface area is 183 Å². The molecule has 1 unspecified atom stereocenters. The molecule has 156 valence electrons. The fourth-order valence-electron chi connectivity index (χ4n) is 4.13. The summed E-state index contributed by atoms with van der Waals surface area (Å²) in [4.78, 5) is 24.8. The number of nitrogens with one attached hydrogen (secondary N) is 2. The summed E-state index contributed by atoms with van der Waals surface area (Å²) in [6.07, 6.45) is 1.56. The number of amides is 1. The second kappa shape index (κ2) is 7.95. The molecule has 0 saturated carbocycles. The molecular weight excluding hydrogens is 425 g/mol. The third-order valence-corrected chi connectivity index (χ3v) is 6.56. The van der Waals surface area contributed by atoms with Crippen molar-refractivity contribution >= 4 is 46.0 Å². The van der Waals surface area contributed by atoms with Gasteiger partial charge in [0.05, 0.1) is 21.1 Å². The van der Waals surface area contributed by atoms with Crippen LogP contribution in [0.3, 0.4) is 0 Å². The molecule has 1 aliphatic heterocycles. The van der Waals surface area contributed by atoms with E-state index >= 15 is 0 Å². The molecule has 3 N–H and O–H groups in total. The Morgan fingerprint density at radius 3 is 2.70 bits per heavy atom. The van der Waals surface area contributed by atoms with Crippen LogP contribution in [0, 0.1) is 0 Å². The number of aromatic nitrogens is 1. The molecule has 1 saturated heterocycles. The van der Waals surface area contributed by atoms with Crippen molar-refractivity contribution in [2.45, 2.75) is 18.4 Å². The summed E-state index contributed by atoms with van der Waals surface area (Å²) in [5, 5.41) is 17.4. The molecule has 0 radical (unpaired) electrons. The van der Waals surface area contributed by atoms with E-state index in [-0.39, 0.29) is 11.5 Å². The third kappa shape index (κ3) is 3.55. The summed E-state index contributed by atoms with van der Waals surface area (Å²) in [6.45, 7) is 1.36. The van der Waals surface area contributed by atoms with E-state index in [1.54, 1.807) is 41.9 Å². The van der Waals surface area contributed by atoms with E-state index in [0.717, 1.165) is 24.0 Å². The zero-order valence-electron chi connectivity index (χ0n) is 16.3. The fourth-order valence-corrected chi connectivity index (χ4v) is 4.51. The van der Waals surface area contributed by atoms with Crippen LogP contribution < -0.4 is 10.6 Å². The highest BCUT2D eigenvalue weighted by molar-refractivity contribution is 6.45. The summed E-state index contributed by atoms with van der Waals surface area (Å²) in [5.74, 6) is -1.26. The van der Waals surface area contributed by atoms with E-state index in [1.165, 1.54) is 0 Å². The lowest BCUT2D eigenvalue weighted by molar-refractivity contribution is 0.0696. The van der Waals surface area contributed by atoms with Crippen molar-refractivity contribution in [2.75, 3.05) is 13.1 Å². The van der Waals surface area contributed by atoms with Gasteiger partial charge in [0.15, 0.2) is 0 Å². The second-order valence-electron chi connectivity index (χ2n) is 7.59. The highest BCUT2D eigenvalue weighted by atomic mass is 35.5. The molecule has 8 heteroatoms.